The smallest absolute Gasteiger partial charge is 0.521 e. The highest BCUT2D eigenvalue weighted by Crippen LogP contribution is 2.26. The van der Waals surface area contributed by atoms with E-state index in [2.05, 4.69) is 6.92 Å². The first-order valence-electron chi connectivity index (χ1n) is 6.74. The lowest BCUT2D eigenvalue weighted by atomic mass is 9.77. The first-order chi connectivity index (χ1) is 9.67. The fraction of sp³-hybridized carbons (Fsp3) is 0.188. The highest BCUT2D eigenvalue weighted by molar-refractivity contribution is 6.64. The minimum absolute atomic E-state index is 0.337. The Morgan fingerprint density at radius 1 is 1.05 bits per heavy atom. The highest BCUT2D eigenvalue weighted by atomic mass is 16.6. The molecule has 0 saturated carbocycles. The van der Waals surface area contributed by atoms with Crippen molar-refractivity contribution in [2.24, 2.45) is 0 Å². The molecular formula is C16H15BO3. The molecule has 0 saturated heterocycles. The van der Waals surface area contributed by atoms with Gasteiger partial charge in [0.15, 0.2) is 0 Å². The van der Waals surface area contributed by atoms with Crippen LogP contribution in [0, 0.1) is 6.92 Å². The van der Waals surface area contributed by atoms with Gasteiger partial charge in [0.2, 0.25) is 0 Å². The highest BCUT2D eigenvalue weighted by Gasteiger charge is 2.35. The van der Waals surface area contributed by atoms with E-state index in [4.69, 9.17) is 9.31 Å². The summed E-state index contributed by atoms with van der Waals surface area (Å²) < 4.78 is 11.2. The fourth-order valence-corrected chi connectivity index (χ4v) is 2.24. The zero-order valence-corrected chi connectivity index (χ0v) is 11.6. The van der Waals surface area contributed by atoms with Gasteiger partial charge in [0.05, 0.1) is 5.56 Å². The van der Waals surface area contributed by atoms with Gasteiger partial charge < -0.3 is 9.31 Å². The van der Waals surface area contributed by atoms with Crippen molar-refractivity contribution in [2.75, 3.05) is 0 Å². The predicted octanol–water partition coefficient (Wildman–Crippen LogP) is 2.50. The average Bonchev–Trinajstić information content (AvgIpc) is 2.46. The Balaban J connectivity index is 1.91. The van der Waals surface area contributed by atoms with Crippen molar-refractivity contribution < 1.29 is 14.1 Å². The van der Waals surface area contributed by atoms with Crippen molar-refractivity contribution in [1.82, 2.24) is 0 Å². The first-order valence-corrected chi connectivity index (χ1v) is 6.74. The Kier molecular flexibility index (Phi) is 3.22. The summed E-state index contributed by atoms with van der Waals surface area (Å²) in [5.41, 5.74) is 3.63. The standard InChI is InChI=1S/C16H15BO3/c1-3-12-5-7-13(8-6-12)17-19-15-10-11(2)4-9-14(15)16(18)20-17/h4-10H,3H2,1-2H3. The van der Waals surface area contributed by atoms with Gasteiger partial charge in [0.1, 0.15) is 5.75 Å². The third kappa shape index (κ3) is 2.29. The van der Waals surface area contributed by atoms with Crippen LogP contribution in [0.4, 0.5) is 0 Å². The van der Waals surface area contributed by atoms with Crippen LogP contribution in [0.1, 0.15) is 28.4 Å². The second kappa shape index (κ2) is 5.04. The van der Waals surface area contributed by atoms with Crippen molar-refractivity contribution in [3.8, 4) is 5.75 Å². The number of carbonyl (C=O) groups is 1. The van der Waals surface area contributed by atoms with E-state index in [9.17, 15) is 4.79 Å². The number of fused-ring (bicyclic) bond motifs is 1. The number of rotatable bonds is 2. The number of aryl methyl sites for hydroxylation is 2. The molecule has 1 aliphatic rings. The molecule has 0 spiro atoms. The Labute approximate surface area is 118 Å². The summed E-state index contributed by atoms with van der Waals surface area (Å²) >= 11 is 0. The topological polar surface area (TPSA) is 35.5 Å². The maximum atomic E-state index is 12.0. The van der Waals surface area contributed by atoms with E-state index in [1.54, 1.807) is 6.07 Å². The fourth-order valence-electron chi connectivity index (χ4n) is 2.24. The lowest BCUT2D eigenvalue weighted by molar-refractivity contribution is 0.0687. The molecule has 100 valence electrons. The van der Waals surface area contributed by atoms with Gasteiger partial charge in [-0.25, -0.2) is 4.79 Å². The van der Waals surface area contributed by atoms with E-state index in [0.29, 0.717) is 11.3 Å². The van der Waals surface area contributed by atoms with Gasteiger partial charge >= 0.3 is 13.1 Å². The van der Waals surface area contributed by atoms with E-state index in [-0.39, 0.29) is 5.97 Å². The van der Waals surface area contributed by atoms with Gasteiger partial charge in [-0.2, -0.15) is 0 Å². The molecule has 2 aromatic rings. The summed E-state index contributed by atoms with van der Waals surface area (Å²) in [4.78, 5) is 12.0. The molecule has 0 fully saturated rings. The zero-order valence-electron chi connectivity index (χ0n) is 11.6. The normalized spacial score (nSPS) is 13.5. The van der Waals surface area contributed by atoms with Gasteiger partial charge in [0, 0.05) is 5.46 Å². The molecule has 3 nitrogen and oxygen atoms in total. The molecular weight excluding hydrogens is 251 g/mol. The summed E-state index contributed by atoms with van der Waals surface area (Å²) in [5, 5.41) is 0. The third-order valence-corrected chi connectivity index (χ3v) is 3.47. The summed E-state index contributed by atoms with van der Waals surface area (Å²) in [6.45, 7) is 4.07. The van der Waals surface area contributed by atoms with Crippen LogP contribution in [0.3, 0.4) is 0 Å². The molecule has 1 heterocycles. The maximum Gasteiger partial charge on any atom is 0.634 e. The SMILES string of the molecule is CCc1ccc(B2OC(=O)c3ccc(C)cc3O2)cc1. The third-order valence-electron chi connectivity index (χ3n) is 3.47. The van der Waals surface area contributed by atoms with E-state index in [1.165, 1.54) is 5.56 Å². The Morgan fingerprint density at radius 3 is 2.50 bits per heavy atom. The first kappa shape index (κ1) is 12.8. The molecule has 2 aromatic carbocycles. The van der Waals surface area contributed by atoms with Crippen LogP contribution >= 0.6 is 0 Å². The number of carbonyl (C=O) groups excluding carboxylic acids is 1. The molecule has 0 atom stereocenters. The van der Waals surface area contributed by atoms with Gasteiger partial charge in [-0.3, -0.25) is 0 Å². The molecule has 0 bridgehead atoms. The Morgan fingerprint density at radius 2 is 1.80 bits per heavy atom. The van der Waals surface area contributed by atoms with E-state index < -0.39 is 7.12 Å². The van der Waals surface area contributed by atoms with Crippen LogP contribution in [0.25, 0.3) is 0 Å². The van der Waals surface area contributed by atoms with Crippen LogP contribution in [0.15, 0.2) is 42.5 Å². The molecule has 0 N–H and O–H groups in total. The van der Waals surface area contributed by atoms with Crippen molar-refractivity contribution in [3.05, 3.63) is 59.2 Å². The minimum atomic E-state index is -0.664. The van der Waals surface area contributed by atoms with Gasteiger partial charge in [-0.1, -0.05) is 37.3 Å². The lowest BCUT2D eigenvalue weighted by Gasteiger charge is -2.23. The number of benzene rings is 2. The summed E-state index contributed by atoms with van der Waals surface area (Å²) in [7, 11) is -0.664. The van der Waals surface area contributed by atoms with E-state index in [0.717, 1.165) is 17.4 Å². The van der Waals surface area contributed by atoms with Gasteiger partial charge in [-0.05, 0) is 36.6 Å². The van der Waals surface area contributed by atoms with Crippen molar-refractivity contribution in [1.29, 1.82) is 0 Å². The molecule has 20 heavy (non-hydrogen) atoms. The van der Waals surface area contributed by atoms with Gasteiger partial charge in [-0.15, -0.1) is 0 Å². The molecule has 0 unspecified atom stereocenters. The second-order valence-electron chi connectivity index (χ2n) is 4.95. The van der Waals surface area contributed by atoms with Crippen LogP contribution < -0.4 is 10.1 Å². The van der Waals surface area contributed by atoms with E-state index >= 15 is 0 Å². The molecule has 1 aliphatic heterocycles. The second-order valence-corrected chi connectivity index (χ2v) is 4.95. The van der Waals surface area contributed by atoms with Crippen molar-refractivity contribution in [3.63, 3.8) is 0 Å². The van der Waals surface area contributed by atoms with Crippen molar-refractivity contribution in [2.45, 2.75) is 20.3 Å². The lowest BCUT2D eigenvalue weighted by Crippen LogP contribution is -2.44. The number of hydrogen-bond acceptors (Lipinski definition) is 3. The maximum absolute atomic E-state index is 12.0. The van der Waals surface area contributed by atoms with Crippen LogP contribution in [-0.4, -0.2) is 13.1 Å². The molecule has 0 aliphatic carbocycles. The summed E-state index contributed by atoms with van der Waals surface area (Å²) in [6.07, 6.45) is 0.980. The summed E-state index contributed by atoms with van der Waals surface area (Å²) in [5.74, 6) is 0.252. The van der Waals surface area contributed by atoms with Gasteiger partial charge in [0.25, 0.3) is 0 Å². The number of hydrogen-bond donors (Lipinski definition) is 0. The monoisotopic (exact) mass is 266 g/mol. The molecule has 3 rings (SSSR count). The summed E-state index contributed by atoms with van der Waals surface area (Å²) in [6, 6.07) is 13.4. The molecule has 0 amide bonds. The quantitative estimate of drug-likeness (QED) is 0.783. The Hall–Kier alpha value is -2.23. The molecule has 0 aromatic heterocycles. The molecule has 0 radical (unpaired) electrons. The largest absolute Gasteiger partial charge is 0.634 e. The van der Waals surface area contributed by atoms with Crippen LogP contribution in [0.2, 0.25) is 0 Å². The average molecular weight is 266 g/mol. The van der Waals surface area contributed by atoms with E-state index in [1.807, 2.05) is 43.3 Å². The zero-order chi connectivity index (χ0) is 14.1. The van der Waals surface area contributed by atoms with Crippen LogP contribution in [-0.2, 0) is 11.1 Å². The predicted molar refractivity (Wildman–Crippen MR) is 78.4 cm³/mol. The minimum Gasteiger partial charge on any atom is -0.521 e. The Bertz CT molecular complexity index is 649. The molecule has 4 heteroatoms. The van der Waals surface area contributed by atoms with Crippen molar-refractivity contribution >= 4 is 18.6 Å². The van der Waals surface area contributed by atoms with Crippen LogP contribution in [0.5, 0.6) is 5.75 Å².